The number of hydrogen-bond donors (Lipinski definition) is 0. The average molecular weight is 760 g/mol. The quantitative estimate of drug-likeness (QED) is 0.165. The third-order valence-electron chi connectivity index (χ3n) is 12.1. The van der Waals surface area contributed by atoms with E-state index in [4.69, 9.17) is 0 Å². The Morgan fingerprint density at radius 2 is 0.655 bits per heavy atom. The number of nitriles is 1. The first kappa shape index (κ1) is 39.0. The minimum Gasteiger partial charge on any atom is -0.309 e. The molecule has 3 nitrogen and oxygen atoms in total. The van der Waals surface area contributed by atoms with Gasteiger partial charge < -0.3 is 9.13 Å². The van der Waals surface area contributed by atoms with Gasteiger partial charge in [-0.2, -0.15) is 5.26 Å². The zero-order chi connectivity index (χ0) is 41.5. The van der Waals surface area contributed by atoms with Crippen LogP contribution in [0.1, 0.15) is 116 Å². The van der Waals surface area contributed by atoms with Gasteiger partial charge in [0.1, 0.15) is 0 Å². The number of rotatable bonds is 4. The molecule has 8 aromatic rings. The van der Waals surface area contributed by atoms with Crippen LogP contribution >= 0.6 is 0 Å². The fourth-order valence-corrected chi connectivity index (χ4v) is 8.45. The average Bonchev–Trinajstić information content (AvgIpc) is 3.67. The molecule has 0 saturated heterocycles. The van der Waals surface area contributed by atoms with E-state index in [0.29, 0.717) is 0 Å². The first-order valence-corrected chi connectivity index (χ1v) is 20.7. The lowest BCUT2D eigenvalue weighted by Crippen LogP contribution is -2.10. The van der Waals surface area contributed by atoms with Crippen LogP contribution in [0.3, 0.4) is 0 Å². The van der Waals surface area contributed by atoms with Crippen LogP contribution in [0.5, 0.6) is 0 Å². The second-order valence-corrected chi connectivity index (χ2v) is 20.4. The van der Waals surface area contributed by atoms with Crippen LogP contribution in [0.25, 0.3) is 60.6 Å². The fraction of sp³-hybridized carbons (Fsp3) is 0.291. The molecule has 0 amide bonds. The predicted molar refractivity (Wildman–Crippen MR) is 249 cm³/mol. The zero-order valence-corrected chi connectivity index (χ0v) is 36.5. The van der Waals surface area contributed by atoms with Crippen molar-refractivity contribution >= 4 is 49.2 Å². The molecule has 0 spiro atoms. The van der Waals surface area contributed by atoms with Crippen molar-refractivity contribution in [1.29, 1.82) is 5.26 Å². The monoisotopic (exact) mass is 759 g/mol. The van der Waals surface area contributed by atoms with Gasteiger partial charge in [0.15, 0.2) is 0 Å². The first-order chi connectivity index (χ1) is 27.2. The third-order valence-corrected chi connectivity index (χ3v) is 12.1. The summed E-state index contributed by atoms with van der Waals surface area (Å²) in [5.41, 5.74) is 15.4. The van der Waals surface area contributed by atoms with Crippen LogP contribution in [-0.2, 0) is 21.7 Å². The Morgan fingerprint density at radius 3 is 0.879 bits per heavy atom. The van der Waals surface area contributed by atoms with Crippen molar-refractivity contribution in [1.82, 2.24) is 9.13 Å². The molecule has 2 aromatic heterocycles. The highest BCUT2D eigenvalue weighted by Gasteiger charge is 2.23. The number of nitrogens with zero attached hydrogens (tertiary/aromatic N) is 3. The lowest BCUT2D eigenvalue weighted by Gasteiger charge is -2.19. The summed E-state index contributed by atoms with van der Waals surface area (Å²) in [5, 5.41) is 15.1. The van der Waals surface area contributed by atoms with E-state index in [-0.39, 0.29) is 21.7 Å². The number of aromatic nitrogens is 2. The number of allylic oxidation sites excluding steroid dienone is 1. The predicted octanol–water partition coefficient (Wildman–Crippen LogP) is 15.0. The highest BCUT2D eigenvalue weighted by atomic mass is 15.0. The Hall–Kier alpha value is -5.85. The molecule has 0 fully saturated rings. The van der Waals surface area contributed by atoms with E-state index in [1.807, 2.05) is 0 Å². The van der Waals surface area contributed by atoms with Gasteiger partial charge in [0, 0.05) is 39.0 Å². The second-order valence-electron chi connectivity index (χ2n) is 20.4. The molecular weight excluding hydrogens is 703 g/mol. The largest absolute Gasteiger partial charge is 0.309 e. The van der Waals surface area contributed by atoms with E-state index in [1.165, 1.54) is 65.9 Å². The molecule has 0 saturated carbocycles. The molecule has 58 heavy (non-hydrogen) atoms. The molecule has 0 atom stereocenters. The molecular formula is C55H57N3. The van der Waals surface area contributed by atoms with Gasteiger partial charge in [0.05, 0.1) is 28.1 Å². The summed E-state index contributed by atoms with van der Waals surface area (Å²) in [6.45, 7) is 27.4. The van der Waals surface area contributed by atoms with Crippen LogP contribution in [0.4, 0.5) is 0 Å². The van der Waals surface area contributed by atoms with Crippen molar-refractivity contribution in [2.24, 2.45) is 0 Å². The fourth-order valence-electron chi connectivity index (χ4n) is 8.45. The summed E-state index contributed by atoms with van der Waals surface area (Å²) < 4.78 is 4.77. The highest BCUT2D eigenvalue weighted by molar-refractivity contribution is 6.11. The zero-order valence-electron chi connectivity index (χ0n) is 36.5. The van der Waals surface area contributed by atoms with Crippen LogP contribution in [0.15, 0.2) is 127 Å². The Labute approximate surface area is 345 Å². The van der Waals surface area contributed by atoms with E-state index in [0.717, 1.165) is 28.1 Å². The summed E-state index contributed by atoms with van der Waals surface area (Å²) in [7, 11) is 0. The topological polar surface area (TPSA) is 33.6 Å². The van der Waals surface area contributed by atoms with Gasteiger partial charge in [-0.15, -0.1) is 0 Å². The van der Waals surface area contributed by atoms with Crippen LogP contribution < -0.4 is 0 Å². The summed E-state index contributed by atoms with van der Waals surface area (Å²) in [4.78, 5) is 0. The van der Waals surface area contributed by atoms with Gasteiger partial charge in [-0.3, -0.25) is 0 Å². The molecule has 0 aliphatic heterocycles. The maximum absolute atomic E-state index is 10.0. The second kappa shape index (κ2) is 13.6. The van der Waals surface area contributed by atoms with Crippen molar-refractivity contribution in [3.63, 3.8) is 0 Å². The molecule has 0 aliphatic carbocycles. The van der Waals surface area contributed by atoms with E-state index >= 15 is 0 Å². The molecule has 8 rings (SSSR count). The highest BCUT2D eigenvalue weighted by Crippen LogP contribution is 2.40. The third kappa shape index (κ3) is 6.83. The lowest BCUT2D eigenvalue weighted by atomic mass is 9.85. The summed E-state index contributed by atoms with van der Waals surface area (Å²) in [5.74, 6) is 0. The lowest BCUT2D eigenvalue weighted by molar-refractivity contribution is 0.590. The summed E-state index contributed by atoms with van der Waals surface area (Å²) >= 11 is 0. The van der Waals surface area contributed by atoms with E-state index < -0.39 is 0 Å². The number of benzene rings is 6. The smallest absolute Gasteiger partial charge is 0.0918 e. The minimum absolute atomic E-state index is 0.0450. The molecule has 0 radical (unpaired) electrons. The van der Waals surface area contributed by atoms with Gasteiger partial charge >= 0.3 is 0 Å². The molecule has 2 heterocycles. The molecule has 292 valence electrons. The number of fused-ring (bicyclic) bond motifs is 6. The summed E-state index contributed by atoms with van der Waals surface area (Å²) in [6, 6.07) is 47.5. The van der Waals surface area contributed by atoms with E-state index in [9.17, 15) is 5.26 Å². The number of hydrogen-bond acceptors (Lipinski definition) is 1. The van der Waals surface area contributed by atoms with Crippen LogP contribution in [-0.4, -0.2) is 9.13 Å². The SMILES string of the molecule is CC(C)(C)c1ccc2c(c1)c1cc(C(C)(C)C)ccc1n2-c1ccc(C(=CC#N)c2ccc(-n3c4ccc(C(C)(C)C)cc4c4cc(C(C)(C)C)ccc43)cc2)cc1. The molecule has 3 heteroatoms. The molecule has 0 aliphatic rings. The minimum atomic E-state index is 0.0450. The van der Waals surface area contributed by atoms with Gasteiger partial charge in [-0.05, 0) is 133 Å². The standard InChI is InChI=1S/C55H57N3/c1-52(2,3)37-17-25-48-44(31-37)45-32-38(53(4,5)6)18-26-49(45)57(48)41-21-13-35(14-22-41)43(29-30-56)36-15-23-42(24-16-36)58-50-27-19-39(54(7,8)9)33-46(50)47-34-40(55(10,11)12)20-28-51(47)58/h13-29,31-34H,1-12H3. The van der Waals surface area contributed by atoms with E-state index in [1.54, 1.807) is 6.08 Å². The normalized spacial score (nSPS) is 12.8. The Morgan fingerprint density at radius 1 is 0.397 bits per heavy atom. The summed E-state index contributed by atoms with van der Waals surface area (Å²) in [6.07, 6.45) is 1.68. The molecule has 6 aromatic carbocycles. The van der Waals surface area contributed by atoms with Gasteiger partial charge in [-0.25, -0.2) is 0 Å². The van der Waals surface area contributed by atoms with Crippen LogP contribution in [0.2, 0.25) is 0 Å². The Bertz CT molecular complexity index is 2610. The van der Waals surface area contributed by atoms with Crippen LogP contribution in [0, 0.1) is 11.3 Å². The van der Waals surface area contributed by atoms with Gasteiger partial charge in [0.25, 0.3) is 0 Å². The van der Waals surface area contributed by atoms with Crippen molar-refractivity contribution in [3.8, 4) is 17.4 Å². The molecule has 0 unspecified atom stereocenters. The van der Waals surface area contributed by atoms with Gasteiger partial charge in [-0.1, -0.05) is 132 Å². The molecule has 0 bridgehead atoms. The van der Waals surface area contributed by atoms with Crippen molar-refractivity contribution < 1.29 is 0 Å². The van der Waals surface area contributed by atoms with Crippen molar-refractivity contribution in [2.75, 3.05) is 0 Å². The van der Waals surface area contributed by atoms with Crippen molar-refractivity contribution in [3.05, 3.63) is 161 Å². The van der Waals surface area contributed by atoms with Crippen molar-refractivity contribution in [2.45, 2.75) is 105 Å². The van der Waals surface area contributed by atoms with Gasteiger partial charge in [0.2, 0.25) is 0 Å². The van der Waals surface area contributed by atoms with E-state index in [2.05, 4.69) is 220 Å². The maximum atomic E-state index is 10.0. The molecule has 0 N–H and O–H groups in total. The maximum Gasteiger partial charge on any atom is 0.0918 e. The Balaban J connectivity index is 1.20. The Kier molecular flexibility index (Phi) is 9.16. The first-order valence-electron chi connectivity index (χ1n) is 20.7.